The molecule has 0 aliphatic carbocycles. The Morgan fingerprint density at radius 3 is 2.65 bits per heavy atom. The molecule has 0 bridgehead atoms. The zero-order valence-electron chi connectivity index (χ0n) is 20.1. The molecule has 0 saturated heterocycles. The number of imidazole rings is 1. The van der Waals surface area contributed by atoms with Gasteiger partial charge in [0.25, 0.3) is 0 Å². The number of hydrogen-bond donors (Lipinski definition) is 2. The van der Waals surface area contributed by atoms with Crippen LogP contribution in [0.3, 0.4) is 0 Å². The molecule has 10 heteroatoms. The third kappa shape index (κ3) is 5.51. The van der Waals surface area contributed by atoms with Crippen molar-refractivity contribution in [3.05, 3.63) is 48.4 Å². The highest BCUT2D eigenvalue weighted by atomic mass is 32.1. The van der Waals surface area contributed by atoms with Gasteiger partial charge in [-0.2, -0.15) is 4.52 Å². The van der Waals surface area contributed by atoms with Crippen LogP contribution in [0.5, 0.6) is 5.75 Å². The van der Waals surface area contributed by atoms with Crippen LogP contribution in [-0.4, -0.2) is 53.3 Å². The van der Waals surface area contributed by atoms with E-state index in [-0.39, 0.29) is 18.0 Å². The fourth-order valence-corrected chi connectivity index (χ4v) is 4.29. The molecule has 0 aliphatic rings. The van der Waals surface area contributed by atoms with Gasteiger partial charge in [0.05, 0.1) is 19.9 Å². The molecule has 1 amide bonds. The molecular formula is C24H30N6O3S. The van der Waals surface area contributed by atoms with Crippen LogP contribution in [0.1, 0.15) is 26.5 Å². The van der Waals surface area contributed by atoms with Crippen molar-refractivity contribution in [3.8, 4) is 17.0 Å². The molecule has 180 valence electrons. The summed E-state index contributed by atoms with van der Waals surface area (Å²) in [6, 6.07) is 11.5. The normalized spacial score (nSPS) is 11.6. The highest BCUT2D eigenvalue weighted by molar-refractivity contribution is 7.20. The van der Waals surface area contributed by atoms with Crippen molar-refractivity contribution >= 4 is 33.2 Å². The van der Waals surface area contributed by atoms with Crippen LogP contribution in [-0.2, 0) is 11.2 Å². The number of carbonyl (C=O) groups excluding carboxylic acids is 1. The second-order valence-electron chi connectivity index (χ2n) is 9.03. The van der Waals surface area contributed by atoms with Crippen molar-refractivity contribution < 1.29 is 13.9 Å². The molecule has 2 N–H and O–H groups in total. The van der Waals surface area contributed by atoms with E-state index in [1.807, 2.05) is 52.9 Å². The van der Waals surface area contributed by atoms with Crippen molar-refractivity contribution in [1.29, 1.82) is 0 Å². The van der Waals surface area contributed by atoms with E-state index in [0.717, 1.165) is 33.5 Å². The minimum absolute atomic E-state index is 0.0751. The summed E-state index contributed by atoms with van der Waals surface area (Å²) in [5.41, 5.74) is 1.60. The van der Waals surface area contributed by atoms with Gasteiger partial charge in [0.2, 0.25) is 16.0 Å². The first kappa shape index (κ1) is 23.6. The van der Waals surface area contributed by atoms with Gasteiger partial charge in [-0.1, -0.05) is 11.3 Å². The molecule has 0 atom stereocenters. The predicted molar refractivity (Wildman–Crippen MR) is 135 cm³/mol. The van der Waals surface area contributed by atoms with E-state index in [2.05, 4.69) is 31.4 Å². The lowest BCUT2D eigenvalue weighted by atomic mass is 10.1. The Hall–Kier alpha value is -3.53. The van der Waals surface area contributed by atoms with Crippen molar-refractivity contribution in [2.45, 2.75) is 32.7 Å². The monoisotopic (exact) mass is 482 g/mol. The fraction of sp³-hybridized carbons (Fsp3) is 0.375. The second kappa shape index (κ2) is 9.76. The molecule has 1 aromatic carbocycles. The van der Waals surface area contributed by atoms with Gasteiger partial charge in [0.1, 0.15) is 17.2 Å². The average molecular weight is 483 g/mol. The summed E-state index contributed by atoms with van der Waals surface area (Å²) in [6.45, 7) is 7.00. The molecule has 3 heterocycles. The van der Waals surface area contributed by atoms with Gasteiger partial charge >= 0.3 is 0 Å². The minimum Gasteiger partial charge on any atom is -0.497 e. The number of furan rings is 1. The third-order valence-electron chi connectivity index (χ3n) is 5.03. The number of amides is 1. The van der Waals surface area contributed by atoms with E-state index >= 15 is 0 Å². The lowest BCUT2D eigenvalue weighted by Gasteiger charge is -2.22. The smallest absolute Gasteiger partial charge is 0.239 e. The highest BCUT2D eigenvalue weighted by Crippen LogP contribution is 2.35. The number of nitrogens with zero attached hydrogens (tertiary/aromatic N) is 4. The molecule has 0 radical (unpaired) electrons. The summed E-state index contributed by atoms with van der Waals surface area (Å²) in [4.78, 5) is 19.8. The number of aromatic nitrogens is 3. The Balaban J connectivity index is 1.52. The molecule has 0 aliphatic heterocycles. The number of anilines is 2. The van der Waals surface area contributed by atoms with Crippen molar-refractivity contribution in [2.75, 3.05) is 37.5 Å². The van der Waals surface area contributed by atoms with Gasteiger partial charge in [0, 0.05) is 31.1 Å². The summed E-state index contributed by atoms with van der Waals surface area (Å²) in [5.74, 6) is 2.38. The van der Waals surface area contributed by atoms with Crippen LogP contribution in [0.4, 0.5) is 10.9 Å². The average Bonchev–Trinajstić information content (AvgIpc) is 3.51. The minimum atomic E-state index is -0.194. The quantitative estimate of drug-likeness (QED) is 0.371. The summed E-state index contributed by atoms with van der Waals surface area (Å²) < 4.78 is 12.4. The number of fused-ring (bicyclic) bond motifs is 1. The summed E-state index contributed by atoms with van der Waals surface area (Å²) in [7, 11) is 3.50. The van der Waals surface area contributed by atoms with Crippen molar-refractivity contribution in [3.63, 3.8) is 0 Å². The Kier molecular flexibility index (Phi) is 6.78. The van der Waals surface area contributed by atoms with Gasteiger partial charge in [0.15, 0.2) is 5.82 Å². The summed E-state index contributed by atoms with van der Waals surface area (Å²) >= 11 is 1.44. The maximum atomic E-state index is 12.4. The number of hydrogen-bond acceptors (Lipinski definition) is 8. The number of benzene rings is 1. The first-order chi connectivity index (χ1) is 16.2. The van der Waals surface area contributed by atoms with Crippen LogP contribution in [0, 0.1) is 0 Å². The van der Waals surface area contributed by atoms with Gasteiger partial charge < -0.3 is 24.7 Å². The Morgan fingerprint density at radius 2 is 2.00 bits per heavy atom. The van der Waals surface area contributed by atoms with E-state index in [1.54, 1.807) is 13.4 Å². The lowest BCUT2D eigenvalue weighted by Crippen LogP contribution is -2.36. The molecule has 4 aromatic rings. The maximum Gasteiger partial charge on any atom is 0.239 e. The molecule has 3 aromatic heterocycles. The number of likely N-dealkylation sites (N-methyl/N-ethyl adjacent to an activating group) is 1. The Bertz CT molecular complexity index is 1240. The maximum absolute atomic E-state index is 12.4. The number of carbonyl (C=O) groups is 1. The van der Waals surface area contributed by atoms with Crippen LogP contribution in [0.15, 0.2) is 47.1 Å². The van der Waals surface area contributed by atoms with Gasteiger partial charge in [-0.25, -0.2) is 4.98 Å². The molecular weight excluding hydrogens is 452 g/mol. The van der Waals surface area contributed by atoms with Crippen LogP contribution < -0.4 is 20.3 Å². The lowest BCUT2D eigenvalue weighted by molar-refractivity contribution is -0.119. The number of methoxy groups -OCH3 is 1. The number of nitrogens with one attached hydrogen (secondary N) is 2. The highest BCUT2D eigenvalue weighted by Gasteiger charge is 2.23. The van der Waals surface area contributed by atoms with Crippen molar-refractivity contribution in [2.24, 2.45) is 0 Å². The van der Waals surface area contributed by atoms with E-state index in [0.29, 0.717) is 18.1 Å². The van der Waals surface area contributed by atoms with Gasteiger partial charge in [-0.3, -0.25) is 4.79 Å². The summed E-state index contributed by atoms with van der Waals surface area (Å²) in [6.07, 6.45) is 2.29. The largest absolute Gasteiger partial charge is 0.497 e. The van der Waals surface area contributed by atoms with E-state index < -0.39 is 0 Å². The first-order valence-electron chi connectivity index (χ1n) is 11.1. The topological polar surface area (TPSA) is 96.9 Å². The first-order valence-corrected chi connectivity index (χ1v) is 11.9. The van der Waals surface area contributed by atoms with Crippen LogP contribution >= 0.6 is 11.3 Å². The predicted octanol–water partition coefficient (Wildman–Crippen LogP) is 4.06. The van der Waals surface area contributed by atoms with Crippen LogP contribution in [0.2, 0.25) is 0 Å². The molecule has 0 spiro atoms. The molecule has 0 fully saturated rings. The van der Waals surface area contributed by atoms with E-state index in [9.17, 15) is 4.79 Å². The zero-order chi connectivity index (χ0) is 24.3. The molecule has 34 heavy (non-hydrogen) atoms. The van der Waals surface area contributed by atoms with E-state index in [4.69, 9.17) is 19.2 Å². The molecule has 0 unspecified atom stereocenters. The summed E-state index contributed by atoms with van der Waals surface area (Å²) in [5, 5.41) is 11.9. The molecule has 4 rings (SSSR count). The third-order valence-corrected chi connectivity index (χ3v) is 6.05. The molecule has 9 nitrogen and oxygen atoms in total. The number of rotatable bonds is 9. The Labute approximate surface area is 202 Å². The van der Waals surface area contributed by atoms with Gasteiger partial charge in [-0.05, 0) is 57.2 Å². The second-order valence-corrected chi connectivity index (χ2v) is 9.96. The molecule has 0 saturated carbocycles. The van der Waals surface area contributed by atoms with E-state index in [1.165, 1.54) is 11.3 Å². The SMILES string of the molecule is COc1ccc(-c2nc3sc(N(C)CC(=O)NCCc4ccco4)nn3c2NC(C)(C)C)cc1. The zero-order valence-corrected chi connectivity index (χ0v) is 20.9. The van der Waals surface area contributed by atoms with Crippen molar-refractivity contribution in [1.82, 2.24) is 19.9 Å². The standard InChI is InChI=1S/C24H30N6O3S/c1-24(2,3)27-21-20(16-8-10-17(32-5)11-9-16)26-22-30(21)28-23(34-22)29(4)15-19(31)25-13-12-18-7-6-14-33-18/h6-11,14,27H,12-13,15H2,1-5H3,(H,25,31). The Morgan fingerprint density at radius 1 is 1.24 bits per heavy atom. The van der Waals surface area contributed by atoms with Gasteiger partial charge in [-0.15, -0.1) is 5.10 Å². The van der Waals surface area contributed by atoms with Crippen LogP contribution in [0.25, 0.3) is 16.2 Å². The fourth-order valence-electron chi connectivity index (χ4n) is 3.43. The number of ether oxygens (including phenoxy) is 1.